The van der Waals surface area contributed by atoms with Crippen LogP contribution in [0.15, 0.2) is 36.4 Å². The molecule has 2 aromatic rings. The van der Waals surface area contributed by atoms with Crippen LogP contribution in [0.1, 0.15) is 17.3 Å². The lowest BCUT2D eigenvalue weighted by atomic mass is 10.1. The average Bonchev–Trinajstić information content (AvgIpc) is 3.21. The number of nitrogens with zero attached hydrogens (tertiary/aromatic N) is 1. The van der Waals surface area contributed by atoms with Gasteiger partial charge in [0.05, 0.1) is 12.2 Å². The lowest BCUT2D eigenvalue weighted by Crippen LogP contribution is -2.49. The molecule has 0 bridgehead atoms. The highest BCUT2D eigenvalue weighted by Crippen LogP contribution is 2.34. The molecule has 0 aromatic heterocycles. The Morgan fingerprint density at radius 3 is 2.93 bits per heavy atom. The van der Waals surface area contributed by atoms with Crippen LogP contribution in [0.2, 0.25) is 0 Å². The summed E-state index contributed by atoms with van der Waals surface area (Å²) in [5.41, 5.74) is 1.02. The minimum absolute atomic E-state index is 0.211. The number of benzene rings is 2. The molecule has 0 spiro atoms. The van der Waals surface area contributed by atoms with Crippen molar-refractivity contribution in [2.75, 3.05) is 38.4 Å². The minimum atomic E-state index is -0.479. The summed E-state index contributed by atoms with van der Waals surface area (Å²) in [6, 6.07) is 9.44. The first-order valence-electron chi connectivity index (χ1n) is 9.50. The van der Waals surface area contributed by atoms with Gasteiger partial charge >= 0.3 is 0 Å². The van der Waals surface area contributed by atoms with E-state index in [0.29, 0.717) is 42.1 Å². The Labute approximate surface area is 178 Å². The van der Waals surface area contributed by atoms with Crippen molar-refractivity contribution in [2.24, 2.45) is 0 Å². The number of ketones is 1. The first-order chi connectivity index (χ1) is 14.5. The maximum atomic E-state index is 13.4. The summed E-state index contributed by atoms with van der Waals surface area (Å²) in [6.45, 7) is 3.46. The summed E-state index contributed by atoms with van der Waals surface area (Å²) < 4.78 is 35.6. The van der Waals surface area contributed by atoms with Crippen molar-refractivity contribution >= 4 is 28.8 Å². The number of morpholine rings is 1. The van der Waals surface area contributed by atoms with Crippen LogP contribution in [0.4, 0.5) is 10.1 Å². The number of carbonyl (C=O) groups excluding carboxylic acids is 1. The van der Waals surface area contributed by atoms with Crippen LogP contribution in [-0.4, -0.2) is 55.0 Å². The third-order valence-electron chi connectivity index (χ3n) is 4.80. The second-order valence-electron chi connectivity index (χ2n) is 6.94. The molecule has 1 fully saturated rings. The number of rotatable bonds is 5. The summed E-state index contributed by atoms with van der Waals surface area (Å²) in [5.74, 6) is 0.987. The quantitative estimate of drug-likeness (QED) is 0.571. The van der Waals surface area contributed by atoms with Gasteiger partial charge in [0, 0.05) is 24.8 Å². The second-order valence-corrected chi connectivity index (χ2v) is 7.33. The highest BCUT2D eigenvalue weighted by Gasteiger charge is 2.24. The molecule has 4 rings (SSSR count). The van der Waals surface area contributed by atoms with E-state index in [1.807, 2.05) is 23.1 Å². The number of carbonyl (C=O) groups is 1. The Morgan fingerprint density at radius 2 is 2.10 bits per heavy atom. The van der Waals surface area contributed by atoms with Crippen LogP contribution in [-0.2, 0) is 4.74 Å². The number of halogens is 1. The SMILES string of the molecule is CC(=O)c1cc(F)ccc1OCC1CN(C(=S)Nc2ccc3c(c2)OCO3)CCO1. The molecular weight excluding hydrogens is 411 g/mol. The van der Waals surface area contributed by atoms with Gasteiger partial charge < -0.3 is 29.2 Å². The lowest BCUT2D eigenvalue weighted by molar-refractivity contribution is -0.0281. The van der Waals surface area contributed by atoms with Crippen molar-refractivity contribution in [1.29, 1.82) is 0 Å². The third kappa shape index (κ3) is 4.63. The topological polar surface area (TPSA) is 69.3 Å². The Morgan fingerprint density at radius 1 is 1.27 bits per heavy atom. The monoisotopic (exact) mass is 432 g/mol. The fraction of sp³-hybridized carbons (Fsp3) is 0.333. The molecular formula is C21H21FN2O5S. The van der Waals surface area contributed by atoms with Crippen molar-refractivity contribution in [3.63, 3.8) is 0 Å². The Hall–Kier alpha value is -2.91. The zero-order valence-electron chi connectivity index (χ0n) is 16.4. The number of ether oxygens (including phenoxy) is 4. The molecule has 0 amide bonds. The number of nitrogens with one attached hydrogen (secondary N) is 1. The van der Waals surface area contributed by atoms with Gasteiger partial charge in [-0.15, -0.1) is 0 Å². The van der Waals surface area contributed by atoms with Gasteiger partial charge in [-0.1, -0.05) is 0 Å². The molecule has 2 heterocycles. The average molecular weight is 432 g/mol. The number of thiocarbonyl (C=S) groups is 1. The summed E-state index contributed by atoms with van der Waals surface area (Å²) in [5, 5.41) is 3.77. The first-order valence-corrected chi connectivity index (χ1v) is 9.91. The number of hydrogen-bond acceptors (Lipinski definition) is 6. The van der Waals surface area contributed by atoms with Gasteiger partial charge in [0.15, 0.2) is 22.4 Å². The second kappa shape index (κ2) is 8.85. The predicted octanol–water partition coefficient (Wildman–Crippen LogP) is 3.23. The smallest absolute Gasteiger partial charge is 0.231 e. The molecule has 2 aromatic carbocycles. The van der Waals surface area contributed by atoms with Crippen molar-refractivity contribution in [2.45, 2.75) is 13.0 Å². The van der Waals surface area contributed by atoms with Gasteiger partial charge in [-0.05, 0) is 49.5 Å². The summed E-state index contributed by atoms with van der Waals surface area (Å²) >= 11 is 5.54. The fourth-order valence-electron chi connectivity index (χ4n) is 3.27. The fourth-order valence-corrected chi connectivity index (χ4v) is 3.55. The molecule has 0 saturated carbocycles. The molecule has 7 nitrogen and oxygen atoms in total. The molecule has 1 atom stereocenters. The highest BCUT2D eigenvalue weighted by atomic mass is 32.1. The predicted molar refractivity (Wildman–Crippen MR) is 112 cm³/mol. The van der Waals surface area contributed by atoms with E-state index < -0.39 is 5.82 Å². The van der Waals surface area contributed by atoms with Crippen LogP contribution in [0, 0.1) is 5.82 Å². The van der Waals surface area contributed by atoms with Crippen LogP contribution < -0.4 is 19.5 Å². The van der Waals surface area contributed by atoms with Crippen molar-refractivity contribution < 1.29 is 28.1 Å². The molecule has 2 aliphatic heterocycles. The summed E-state index contributed by atoms with van der Waals surface area (Å²) in [6.07, 6.45) is -0.250. The van der Waals surface area contributed by atoms with Crippen molar-refractivity contribution in [1.82, 2.24) is 4.90 Å². The Bertz CT molecular complexity index is 970. The van der Waals surface area contributed by atoms with Crippen LogP contribution >= 0.6 is 12.2 Å². The zero-order chi connectivity index (χ0) is 21.1. The van der Waals surface area contributed by atoms with Crippen molar-refractivity contribution in [3.05, 3.63) is 47.8 Å². The highest BCUT2D eigenvalue weighted by molar-refractivity contribution is 7.80. The standard InChI is InChI=1S/C21H21FN2O5S/c1-13(25)17-8-14(22)2-4-18(17)27-11-16-10-24(6-7-26-16)21(30)23-15-3-5-19-20(9-15)29-12-28-19/h2-5,8-9,16H,6-7,10-12H2,1H3,(H,23,30). The van der Waals surface area contributed by atoms with E-state index in [4.69, 9.17) is 31.2 Å². The minimum Gasteiger partial charge on any atom is -0.490 e. The Kier molecular flexibility index (Phi) is 6.01. The number of Topliss-reactive ketones (excluding diaryl/α,β-unsaturated/α-hetero) is 1. The van der Waals surface area contributed by atoms with Crippen molar-refractivity contribution in [3.8, 4) is 17.2 Å². The molecule has 9 heteroatoms. The van der Waals surface area contributed by atoms with Gasteiger partial charge in [0.25, 0.3) is 0 Å². The van der Waals surface area contributed by atoms with E-state index in [0.717, 1.165) is 5.69 Å². The molecule has 2 aliphatic rings. The molecule has 0 radical (unpaired) electrons. The molecule has 1 saturated heterocycles. The number of anilines is 1. The van der Waals surface area contributed by atoms with E-state index in [2.05, 4.69) is 5.32 Å². The van der Waals surface area contributed by atoms with Crippen LogP contribution in [0.25, 0.3) is 0 Å². The maximum Gasteiger partial charge on any atom is 0.231 e. The largest absolute Gasteiger partial charge is 0.490 e. The van der Waals surface area contributed by atoms with E-state index in [-0.39, 0.29) is 30.9 Å². The summed E-state index contributed by atoms with van der Waals surface area (Å²) in [7, 11) is 0. The molecule has 158 valence electrons. The van der Waals surface area contributed by atoms with Gasteiger partial charge in [0.1, 0.15) is 24.3 Å². The summed E-state index contributed by atoms with van der Waals surface area (Å²) in [4.78, 5) is 13.7. The zero-order valence-corrected chi connectivity index (χ0v) is 17.2. The molecule has 0 aliphatic carbocycles. The van der Waals surface area contributed by atoms with Crippen LogP contribution in [0.3, 0.4) is 0 Å². The van der Waals surface area contributed by atoms with E-state index in [1.165, 1.54) is 25.1 Å². The third-order valence-corrected chi connectivity index (χ3v) is 5.16. The van der Waals surface area contributed by atoms with Gasteiger partial charge in [-0.25, -0.2) is 4.39 Å². The van der Waals surface area contributed by atoms with E-state index >= 15 is 0 Å². The number of fused-ring (bicyclic) bond motifs is 1. The molecule has 1 N–H and O–H groups in total. The normalized spacial score (nSPS) is 17.5. The van der Waals surface area contributed by atoms with Gasteiger partial charge in [-0.2, -0.15) is 0 Å². The molecule has 30 heavy (non-hydrogen) atoms. The van der Waals surface area contributed by atoms with Crippen LogP contribution in [0.5, 0.6) is 17.2 Å². The Balaban J connectivity index is 1.34. The molecule has 1 unspecified atom stereocenters. The lowest BCUT2D eigenvalue weighted by Gasteiger charge is -2.34. The van der Waals surface area contributed by atoms with E-state index in [1.54, 1.807) is 0 Å². The maximum absolute atomic E-state index is 13.4. The van der Waals surface area contributed by atoms with E-state index in [9.17, 15) is 9.18 Å². The first kappa shape index (κ1) is 20.4. The number of hydrogen-bond donors (Lipinski definition) is 1. The van der Waals surface area contributed by atoms with Gasteiger partial charge in [0.2, 0.25) is 6.79 Å². The van der Waals surface area contributed by atoms with Gasteiger partial charge in [-0.3, -0.25) is 4.79 Å².